The first-order valence-electron chi connectivity index (χ1n) is 10.6. The van der Waals surface area contributed by atoms with Crippen molar-refractivity contribution < 1.29 is 14.3 Å². The summed E-state index contributed by atoms with van der Waals surface area (Å²) in [6, 6.07) is 10.8. The summed E-state index contributed by atoms with van der Waals surface area (Å²) in [6.45, 7) is 2.48. The number of aryl methyl sites for hydroxylation is 1. The lowest BCUT2D eigenvalue weighted by atomic mass is 10.1. The molecule has 0 spiro atoms. The maximum absolute atomic E-state index is 12.7. The molecule has 2 amide bonds. The minimum atomic E-state index is -0.257. The van der Waals surface area contributed by atoms with E-state index in [-0.39, 0.29) is 5.91 Å². The molecular weight excluding hydrogens is 392 g/mol. The van der Waals surface area contributed by atoms with Gasteiger partial charge in [-0.2, -0.15) is 0 Å². The van der Waals surface area contributed by atoms with E-state index in [1.165, 1.54) is 31.9 Å². The predicted octanol–water partition coefficient (Wildman–Crippen LogP) is 4.72. The number of ether oxygens (including phenoxy) is 1. The highest BCUT2D eigenvalue weighted by Crippen LogP contribution is 2.28. The van der Waals surface area contributed by atoms with Crippen molar-refractivity contribution >= 4 is 34.6 Å². The largest absolute Gasteiger partial charge is 0.478 e. The third-order valence-electron chi connectivity index (χ3n) is 5.74. The van der Waals surface area contributed by atoms with Crippen molar-refractivity contribution in [2.75, 3.05) is 17.2 Å². The van der Waals surface area contributed by atoms with E-state index in [2.05, 4.69) is 20.6 Å². The first-order valence-corrected chi connectivity index (χ1v) is 10.6. The molecule has 1 aliphatic rings. The van der Waals surface area contributed by atoms with Gasteiger partial charge in [0, 0.05) is 17.0 Å². The number of nitrogens with zero attached hydrogens (tertiary/aromatic N) is 2. The Labute approximate surface area is 181 Å². The average molecular weight is 418 g/mol. The zero-order chi connectivity index (χ0) is 21.6. The lowest BCUT2D eigenvalue weighted by Gasteiger charge is -2.11. The minimum Gasteiger partial charge on any atom is -0.478 e. The van der Waals surface area contributed by atoms with Gasteiger partial charge in [0.25, 0.3) is 5.91 Å². The van der Waals surface area contributed by atoms with Crippen molar-refractivity contribution in [3.63, 3.8) is 0 Å². The van der Waals surface area contributed by atoms with E-state index >= 15 is 0 Å². The zero-order valence-corrected chi connectivity index (χ0v) is 17.6. The molecule has 2 heterocycles. The Balaban J connectivity index is 1.43. The van der Waals surface area contributed by atoms with Crippen LogP contribution >= 0.6 is 0 Å². The summed E-state index contributed by atoms with van der Waals surface area (Å²) in [4.78, 5) is 32.1. The fourth-order valence-corrected chi connectivity index (χ4v) is 3.96. The van der Waals surface area contributed by atoms with Gasteiger partial charge in [-0.15, -0.1) is 0 Å². The number of nitrogens with one attached hydrogen (secondary N) is 2. The number of carbonyl (C=O) groups excluding carboxylic acids is 2. The van der Waals surface area contributed by atoms with Gasteiger partial charge in [0.1, 0.15) is 0 Å². The van der Waals surface area contributed by atoms with Crippen LogP contribution in [-0.2, 0) is 4.79 Å². The summed E-state index contributed by atoms with van der Waals surface area (Å²) in [5, 5.41) is 6.25. The molecule has 0 saturated heterocycles. The zero-order valence-electron chi connectivity index (χ0n) is 17.6. The van der Waals surface area contributed by atoms with Crippen LogP contribution in [0.15, 0.2) is 42.6 Å². The van der Waals surface area contributed by atoms with Gasteiger partial charge in [-0.3, -0.25) is 14.6 Å². The number of rotatable bonds is 8. The van der Waals surface area contributed by atoms with Crippen molar-refractivity contribution in [2.24, 2.45) is 5.92 Å². The fraction of sp³-hybridized carbons (Fsp3) is 0.333. The van der Waals surface area contributed by atoms with Gasteiger partial charge < -0.3 is 15.4 Å². The minimum absolute atomic E-state index is 0.257. The van der Waals surface area contributed by atoms with E-state index in [9.17, 15) is 9.59 Å². The van der Waals surface area contributed by atoms with Crippen molar-refractivity contribution in [3.8, 4) is 5.88 Å². The molecular formula is C24H26N4O3. The molecule has 0 unspecified atom stereocenters. The first-order chi connectivity index (χ1) is 15.1. The third kappa shape index (κ3) is 5.17. The van der Waals surface area contributed by atoms with Gasteiger partial charge in [0.15, 0.2) is 0 Å². The second-order valence-corrected chi connectivity index (χ2v) is 7.92. The summed E-state index contributed by atoms with van der Waals surface area (Å²) in [5.74, 6) is 1.14. The van der Waals surface area contributed by atoms with E-state index in [0.29, 0.717) is 41.5 Å². The summed E-state index contributed by atoms with van der Waals surface area (Å²) in [6.07, 6.45) is 8.49. The van der Waals surface area contributed by atoms with Crippen LogP contribution in [0.5, 0.6) is 5.88 Å². The molecule has 7 heteroatoms. The van der Waals surface area contributed by atoms with Gasteiger partial charge in [-0.05, 0) is 49.6 Å². The molecule has 1 aromatic carbocycles. The molecule has 7 nitrogen and oxygen atoms in total. The summed E-state index contributed by atoms with van der Waals surface area (Å²) in [7, 11) is 0. The molecule has 3 aromatic rings. The molecule has 1 fully saturated rings. The van der Waals surface area contributed by atoms with Gasteiger partial charge >= 0.3 is 0 Å². The molecule has 1 aliphatic carbocycles. The normalized spacial score (nSPS) is 13.8. The molecule has 2 aromatic heterocycles. The Morgan fingerprint density at radius 1 is 1.19 bits per heavy atom. The highest BCUT2D eigenvalue weighted by molar-refractivity contribution is 6.06. The fourth-order valence-electron chi connectivity index (χ4n) is 3.96. The van der Waals surface area contributed by atoms with Gasteiger partial charge in [-0.25, -0.2) is 4.98 Å². The highest BCUT2D eigenvalue weighted by atomic mass is 16.5. The molecule has 4 rings (SSSR count). The van der Waals surface area contributed by atoms with E-state index in [1.54, 1.807) is 25.1 Å². The number of benzene rings is 1. The summed E-state index contributed by atoms with van der Waals surface area (Å²) in [5.41, 5.74) is 3.01. The number of pyridine rings is 2. The Kier molecular flexibility index (Phi) is 6.40. The third-order valence-corrected chi connectivity index (χ3v) is 5.74. The highest BCUT2D eigenvalue weighted by Gasteiger charge is 2.15. The first kappa shape index (κ1) is 20.8. The molecule has 0 atom stereocenters. The topological polar surface area (TPSA) is 93.2 Å². The van der Waals surface area contributed by atoms with Crippen LogP contribution in [0.4, 0.5) is 11.4 Å². The standard InChI is InChI=1S/C24H26N4O3/c1-16-22(13-20(14-25-16)26-15-29)28-24(30)19-6-8-21-18(12-19)7-9-23(27-21)31-11-10-17-4-2-3-5-17/h6-9,12-15,17H,2-5,10-11H2,1H3,(H,26,29)(H,28,30). The van der Waals surface area contributed by atoms with Crippen molar-refractivity contribution in [1.82, 2.24) is 9.97 Å². The van der Waals surface area contributed by atoms with E-state index in [4.69, 9.17) is 4.74 Å². The lowest BCUT2D eigenvalue weighted by Crippen LogP contribution is -2.13. The number of hydrogen-bond donors (Lipinski definition) is 2. The maximum Gasteiger partial charge on any atom is 0.255 e. The number of anilines is 2. The SMILES string of the molecule is Cc1ncc(NC=O)cc1NC(=O)c1ccc2nc(OCCC3CCCC3)ccc2c1. The Hall–Kier alpha value is -3.48. The van der Waals surface area contributed by atoms with E-state index < -0.39 is 0 Å². The number of fused-ring (bicyclic) bond motifs is 1. The van der Waals surface area contributed by atoms with Crippen LogP contribution in [0.3, 0.4) is 0 Å². The molecule has 0 radical (unpaired) electrons. The number of amides is 2. The summed E-state index contributed by atoms with van der Waals surface area (Å²) >= 11 is 0. The lowest BCUT2D eigenvalue weighted by molar-refractivity contribution is -0.105. The monoisotopic (exact) mass is 418 g/mol. The average Bonchev–Trinajstić information content (AvgIpc) is 3.29. The Bertz CT molecular complexity index is 1090. The van der Waals surface area contributed by atoms with Gasteiger partial charge in [0.2, 0.25) is 12.3 Å². The number of carbonyl (C=O) groups is 2. The number of aromatic nitrogens is 2. The maximum atomic E-state index is 12.7. The van der Waals surface area contributed by atoms with Gasteiger partial charge in [0.05, 0.1) is 35.4 Å². The molecule has 2 N–H and O–H groups in total. The van der Waals surface area contributed by atoms with Crippen molar-refractivity contribution in [2.45, 2.75) is 39.0 Å². The summed E-state index contributed by atoms with van der Waals surface area (Å²) < 4.78 is 5.85. The second-order valence-electron chi connectivity index (χ2n) is 7.92. The Morgan fingerprint density at radius 2 is 2.03 bits per heavy atom. The van der Waals surface area contributed by atoms with E-state index in [0.717, 1.165) is 23.2 Å². The Morgan fingerprint density at radius 3 is 2.84 bits per heavy atom. The van der Waals surface area contributed by atoms with Crippen LogP contribution in [0, 0.1) is 12.8 Å². The quantitative estimate of drug-likeness (QED) is 0.517. The van der Waals surface area contributed by atoms with Crippen molar-refractivity contribution in [3.05, 3.63) is 53.9 Å². The van der Waals surface area contributed by atoms with Crippen LogP contribution in [0.2, 0.25) is 0 Å². The molecule has 31 heavy (non-hydrogen) atoms. The molecule has 160 valence electrons. The molecule has 0 bridgehead atoms. The van der Waals surface area contributed by atoms with E-state index in [1.807, 2.05) is 18.2 Å². The van der Waals surface area contributed by atoms with Crippen LogP contribution in [-0.4, -0.2) is 28.9 Å². The molecule has 1 saturated carbocycles. The number of hydrogen-bond acceptors (Lipinski definition) is 5. The van der Waals surface area contributed by atoms with Crippen LogP contribution < -0.4 is 15.4 Å². The second kappa shape index (κ2) is 9.55. The smallest absolute Gasteiger partial charge is 0.255 e. The molecule has 0 aliphatic heterocycles. The van der Waals surface area contributed by atoms with Crippen molar-refractivity contribution in [1.29, 1.82) is 0 Å². The predicted molar refractivity (Wildman–Crippen MR) is 120 cm³/mol. The van der Waals surface area contributed by atoms with Crippen LogP contribution in [0.1, 0.15) is 48.2 Å². The van der Waals surface area contributed by atoms with Crippen LogP contribution in [0.25, 0.3) is 10.9 Å². The van der Waals surface area contributed by atoms with Gasteiger partial charge in [-0.1, -0.05) is 25.7 Å².